The highest BCUT2D eigenvalue weighted by Gasteiger charge is 2.18. The van der Waals surface area contributed by atoms with Gasteiger partial charge >= 0.3 is 0 Å². The van der Waals surface area contributed by atoms with Crippen molar-refractivity contribution in [2.75, 3.05) is 18.5 Å². The van der Waals surface area contributed by atoms with E-state index in [2.05, 4.69) is 10.0 Å². The van der Waals surface area contributed by atoms with Gasteiger partial charge in [0.15, 0.2) is 0 Å². The van der Waals surface area contributed by atoms with Gasteiger partial charge in [-0.3, -0.25) is 4.79 Å². The minimum Gasteiger partial charge on any atom is -0.492 e. The molecule has 0 saturated heterocycles. The molecule has 0 saturated carbocycles. The monoisotopic (exact) mass is 458 g/mol. The van der Waals surface area contributed by atoms with Gasteiger partial charge in [0.1, 0.15) is 5.75 Å². The minimum atomic E-state index is -3.77. The molecule has 0 aliphatic heterocycles. The van der Waals surface area contributed by atoms with E-state index in [0.717, 1.165) is 5.56 Å². The van der Waals surface area contributed by atoms with Crippen LogP contribution in [0.15, 0.2) is 77.7 Å². The van der Waals surface area contributed by atoms with E-state index in [-0.39, 0.29) is 17.1 Å². The van der Waals surface area contributed by atoms with Crippen molar-refractivity contribution in [1.29, 1.82) is 0 Å². The Bertz CT molecular complexity index is 1150. The van der Waals surface area contributed by atoms with Gasteiger partial charge in [-0.05, 0) is 55.3 Å². The highest BCUT2D eigenvalue weighted by molar-refractivity contribution is 7.89. The van der Waals surface area contributed by atoms with Gasteiger partial charge in [-0.1, -0.05) is 48.0 Å². The maximum absolute atomic E-state index is 12.8. The van der Waals surface area contributed by atoms with Crippen molar-refractivity contribution in [3.8, 4) is 5.75 Å². The van der Waals surface area contributed by atoms with Crippen LogP contribution in [0.5, 0.6) is 5.75 Å². The van der Waals surface area contributed by atoms with Crippen LogP contribution in [0.25, 0.3) is 0 Å². The van der Waals surface area contributed by atoms with Crippen LogP contribution in [0.3, 0.4) is 0 Å². The Morgan fingerprint density at radius 1 is 1.00 bits per heavy atom. The number of benzene rings is 3. The normalized spacial score (nSPS) is 11.2. The summed E-state index contributed by atoms with van der Waals surface area (Å²) < 4.78 is 33.7. The van der Waals surface area contributed by atoms with Crippen LogP contribution in [0.2, 0.25) is 5.02 Å². The Labute approximate surface area is 187 Å². The van der Waals surface area contributed by atoms with E-state index in [1.807, 2.05) is 30.3 Å². The van der Waals surface area contributed by atoms with Gasteiger partial charge in [-0.25, -0.2) is 13.1 Å². The molecule has 0 aromatic heterocycles. The van der Waals surface area contributed by atoms with E-state index >= 15 is 0 Å². The van der Waals surface area contributed by atoms with Crippen LogP contribution in [0, 0.1) is 0 Å². The molecule has 31 heavy (non-hydrogen) atoms. The topological polar surface area (TPSA) is 84.5 Å². The maximum Gasteiger partial charge on any atom is 0.255 e. The Balaban J connectivity index is 1.78. The second kappa shape index (κ2) is 10.4. The number of hydrogen-bond acceptors (Lipinski definition) is 4. The Morgan fingerprint density at radius 3 is 2.48 bits per heavy atom. The zero-order valence-corrected chi connectivity index (χ0v) is 18.5. The van der Waals surface area contributed by atoms with E-state index in [1.54, 1.807) is 25.1 Å². The lowest BCUT2D eigenvalue weighted by atomic mass is 10.2. The van der Waals surface area contributed by atoms with Crippen LogP contribution in [-0.4, -0.2) is 27.5 Å². The quantitative estimate of drug-likeness (QED) is 0.494. The number of carbonyl (C=O) groups is 1. The molecule has 3 aromatic carbocycles. The van der Waals surface area contributed by atoms with E-state index in [4.69, 9.17) is 16.3 Å². The molecule has 2 N–H and O–H groups in total. The fraction of sp³-hybridized carbons (Fsp3) is 0.174. The smallest absolute Gasteiger partial charge is 0.255 e. The first kappa shape index (κ1) is 22.8. The minimum absolute atomic E-state index is 0.0328. The lowest BCUT2D eigenvalue weighted by Crippen LogP contribution is -2.26. The van der Waals surface area contributed by atoms with Crippen LogP contribution < -0.4 is 14.8 Å². The van der Waals surface area contributed by atoms with Crippen molar-refractivity contribution in [2.45, 2.75) is 18.2 Å². The zero-order valence-electron chi connectivity index (χ0n) is 17.0. The molecule has 8 heteroatoms. The van der Waals surface area contributed by atoms with Gasteiger partial charge in [0.25, 0.3) is 5.91 Å². The summed E-state index contributed by atoms with van der Waals surface area (Å²) in [7, 11) is -3.77. The summed E-state index contributed by atoms with van der Waals surface area (Å²) in [5, 5.41) is 3.15. The molecule has 0 atom stereocenters. The Kier molecular flexibility index (Phi) is 7.68. The Hall–Kier alpha value is -2.87. The van der Waals surface area contributed by atoms with Crippen molar-refractivity contribution < 1.29 is 17.9 Å². The molecule has 3 aromatic rings. The summed E-state index contributed by atoms with van der Waals surface area (Å²) in [6, 6.07) is 20.4. The summed E-state index contributed by atoms with van der Waals surface area (Å²) in [6.45, 7) is 2.42. The molecule has 0 unspecified atom stereocenters. The molecule has 6 nitrogen and oxygen atoms in total. The number of hydrogen-bond donors (Lipinski definition) is 2. The second-order valence-electron chi connectivity index (χ2n) is 6.69. The van der Waals surface area contributed by atoms with Crippen LogP contribution in [0.4, 0.5) is 5.69 Å². The molecule has 0 spiro atoms. The molecule has 1 amide bonds. The number of amides is 1. The van der Waals surface area contributed by atoms with Crippen molar-refractivity contribution in [1.82, 2.24) is 4.72 Å². The number of carbonyl (C=O) groups excluding carboxylic acids is 1. The summed E-state index contributed by atoms with van der Waals surface area (Å²) in [5.74, 6) is -0.0452. The van der Waals surface area contributed by atoms with Crippen molar-refractivity contribution in [3.63, 3.8) is 0 Å². The lowest BCUT2D eigenvalue weighted by molar-refractivity contribution is 0.102. The van der Waals surface area contributed by atoms with Gasteiger partial charge in [-0.2, -0.15) is 0 Å². The SMILES string of the molecule is CCOc1ccc(S(=O)(=O)NCCc2ccccc2)cc1NC(=O)c1cccc(Cl)c1. The number of anilines is 1. The molecule has 0 aliphatic carbocycles. The first-order chi connectivity index (χ1) is 14.9. The summed E-state index contributed by atoms with van der Waals surface area (Å²) in [5.41, 5.74) is 1.65. The highest BCUT2D eigenvalue weighted by Crippen LogP contribution is 2.28. The van der Waals surface area contributed by atoms with E-state index < -0.39 is 15.9 Å². The number of rotatable bonds is 9. The summed E-state index contributed by atoms with van der Waals surface area (Å²) in [6.07, 6.45) is 0.565. The Morgan fingerprint density at radius 2 is 1.77 bits per heavy atom. The van der Waals surface area contributed by atoms with Gasteiger partial charge in [0, 0.05) is 17.1 Å². The predicted molar refractivity (Wildman–Crippen MR) is 122 cm³/mol. The van der Waals surface area contributed by atoms with Gasteiger partial charge in [0.2, 0.25) is 10.0 Å². The van der Waals surface area contributed by atoms with Crippen molar-refractivity contribution in [3.05, 3.63) is 88.9 Å². The zero-order chi connectivity index (χ0) is 22.3. The summed E-state index contributed by atoms with van der Waals surface area (Å²) >= 11 is 5.96. The molecule has 0 radical (unpaired) electrons. The lowest BCUT2D eigenvalue weighted by Gasteiger charge is -2.14. The molecule has 0 heterocycles. The van der Waals surface area contributed by atoms with Crippen LogP contribution in [0.1, 0.15) is 22.8 Å². The van der Waals surface area contributed by atoms with E-state index in [9.17, 15) is 13.2 Å². The van der Waals surface area contributed by atoms with Crippen molar-refractivity contribution in [2.24, 2.45) is 0 Å². The van der Waals surface area contributed by atoms with Crippen LogP contribution >= 0.6 is 11.6 Å². The molecular weight excluding hydrogens is 436 g/mol. The first-order valence-electron chi connectivity index (χ1n) is 9.76. The largest absolute Gasteiger partial charge is 0.492 e. The highest BCUT2D eigenvalue weighted by atomic mass is 35.5. The number of ether oxygens (including phenoxy) is 1. The third-order valence-electron chi connectivity index (χ3n) is 4.44. The van der Waals surface area contributed by atoms with Crippen LogP contribution in [-0.2, 0) is 16.4 Å². The third-order valence-corrected chi connectivity index (χ3v) is 6.14. The number of sulfonamides is 1. The molecule has 0 fully saturated rings. The predicted octanol–water partition coefficient (Wildman–Crippen LogP) is 4.51. The third kappa shape index (κ3) is 6.30. The average Bonchev–Trinajstić information content (AvgIpc) is 2.75. The molecule has 162 valence electrons. The first-order valence-corrected chi connectivity index (χ1v) is 11.6. The van der Waals surface area contributed by atoms with Gasteiger partial charge in [-0.15, -0.1) is 0 Å². The maximum atomic E-state index is 12.8. The fourth-order valence-electron chi connectivity index (χ4n) is 2.94. The van der Waals surface area contributed by atoms with Crippen molar-refractivity contribution >= 4 is 33.2 Å². The second-order valence-corrected chi connectivity index (χ2v) is 8.89. The summed E-state index contributed by atoms with van der Waals surface area (Å²) in [4.78, 5) is 12.7. The average molecular weight is 459 g/mol. The number of halogens is 1. The standard InChI is InChI=1S/C23H23ClN2O4S/c1-2-30-22-12-11-20(31(28,29)25-14-13-17-7-4-3-5-8-17)16-21(22)26-23(27)18-9-6-10-19(24)15-18/h3-12,15-16,25H,2,13-14H2,1H3,(H,26,27). The van der Waals surface area contributed by atoms with Gasteiger partial charge in [0.05, 0.1) is 17.2 Å². The molecular formula is C23H23ClN2O4S. The fourth-order valence-corrected chi connectivity index (χ4v) is 4.19. The number of nitrogens with one attached hydrogen (secondary N) is 2. The molecule has 0 aliphatic rings. The molecule has 0 bridgehead atoms. The van der Waals surface area contributed by atoms with E-state index in [0.29, 0.717) is 29.4 Å². The van der Waals surface area contributed by atoms with E-state index in [1.165, 1.54) is 24.3 Å². The van der Waals surface area contributed by atoms with Gasteiger partial charge < -0.3 is 10.1 Å². The molecule has 3 rings (SSSR count).